The highest BCUT2D eigenvalue weighted by Crippen LogP contribution is 2.26. The van der Waals surface area contributed by atoms with Gasteiger partial charge in [-0.15, -0.1) is 0 Å². The van der Waals surface area contributed by atoms with E-state index in [2.05, 4.69) is 59.8 Å². The van der Waals surface area contributed by atoms with Gasteiger partial charge in [-0.1, -0.05) is 13.8 Å². The minimum atomic E-state index is 0.644. The molecule has 0 aromatic carbocycles. The van der Waals surface area contributed by atoms with Gasteiger partial charge in [-0.2, -0.15) is 5.10 Å². The van der Waals surface area contributed by atoms with Crippen molar-refractivity contribution in [2.24, 2.45) is 7.05 Å². The van der Waals surface area contributed by atoms with Crippen LogP contribution in [0.1, 0.15) is 37.9 Å². The van der Waals surface area contributed by atoms with E-state index in [9.17, 15) is 0 Å². The van der Waals surface area contributed by atoms with Gasteiger partial charge in [-0.05, 0) is 33.4 Å². The Kier molecular flexibility index (Phi) is 5.65. The fourth-order valence-electron chi connectivity index (χ4n) is 3.26. The molecule has 1 saturated heterocycles. The average Bonchev–Trinajstić information content (AvgIpc) is 2.74. The van der Waals surface area contributed by atoms with Crippen molar-refractivity contribution in [3.05, 3.63) is 11.3 Å². The lowest BCUT2D eigenvalue weighted by atomic mass is 10.1. The fourth-order valence-corrected chi connectivity index (χ4v) is 3.26. The van der Waals surface area contributed by atoms with E-state index in [-0.39, 0.29) is 0 Å². The maximum Gasteiger partial charge on any atom is 0.131 e. The van der Waals surface area contributed by atoms with Gasteiger partial charge in [0.05, 0.1) is 5.69 Å². The van der Waals surface area contributed by atoms with Crippen LogP contribution >= 0.6 is 0 Å². The first kappa shape index (κ1) is 16.3. The highest BCUT2D eigenvalue weighted by atomic mass is 15.4. The summed E-state index contributed by atoms with van der Waals surface area (Å²) in [5, 5.41) is 8.18. The summed E-state index contributed by atoms with van der Waals surface area (Å²) in [5.41, 5.74) is 2.52. The Morgan fingerprint density at radius 1 is 1.24 bits per heavy atom. The predicted molar refractivity (Wildman–Crippen MR) is 88.9 cm³/mol. The van der Waals surface area contributed by atoms with Crippen LogP contribution in [0.5, 0.6) is 0 Å². The van der Waals surface area contributed by atoms with Crippen LogP contribution in [0, 0.1) is 6.92 Å². The summed E-state index contributed by atoms with van der Waals surface area (Å²) in [6.45, 7) is 11.9. The number of nitrogens with one attached hydrogen (secondary N) is 1. The van der Waals surface area contributed by atoms with Gasteiger partial charge in [-0.3, -0.25) is 9.58 Å². The summed E-state index contributed by atoms with van der Waals surface area (Å²) in [5.74, 6) is 1.31. The number of likely N-dealkylation sites (N-methyl/N-ethyl adjacent to an activating group) is 1. The Labute approximate surface area is 129 Å². The molecule has 0 spiro atoms. The first-order valence-electron chi connectivity index (χ1n) is 8.26. The lowest BCUT2D eigenvalue weighted by molar-refractivity contribution is 0.212. The average molecular weight is 293 g/mol. The third-order valence-corrected chi connectivity index (χ3v) is 4.59. The second-order valence-corrected chi connectivity index (χ2v) is 6.18. The van der Waals surface area contributed by atoms with Crippen molar-refractivity contribution in [3.63, 3.8) is 0 Å². The van der Waals surface area contributed by atoms with Gasteiger partial charge >= 0.3 is 0 Å². The molecule has 1 atom stereocenters. The molecule has 1 fully saturated rings. The van der Waals surface area contributed by atoms with E-state index in [1.165, 1.54) is 24.2 Å². The molecule has 0 saturated carbocycles. The van der Waals surface area contributed by atoms with E-state index in [0.29, 0.717) is 6.04 Å². The lowest BCUT2D eigenvalue weighted by Crippen LogP contribution is -2.52. The van der Waals surface area contributed by atoms with Crippen molar-refractivity contribution in [1.29, 1.82) is 0 Å². The minimum Gasteiger partial charge on any atom is -0.354 e. The van der Waals surface area contributed by atoms with Crippen LogP contribution in [0.15, 0.2) is 0 Å². The molecule has 0 amide bonds. The van der Waals surface area contributed by atoms with Crippen molar-refractivity contribution < 1.29 is 0 Å². The molecule has 21 heavy (non-hydrogen) atoms. The van der Waals surface area contributed by atoms with E-state index in [1.807, 2.05) is 0 Å². The largest absolute Gasteiger partial charge is 0.354 e. The molecule has 2 rings (SSSR count). The molecular weight excluding hydrogens is 262 g/mol. The number of aryl methyl sites for hydroxylation is 2. The van der Waals surface area contributed by atoms with Gasteiger partial charge in [0.25, 0.3) is 0 Å². The van der Waals surface area contributed by atoms with E-state index in [1.54, 1.807) is 0 Å². The van der Waals surface area contributed by atoms with Gasteiger partial charge in [0.2, 0.25) is 0 Å². The maximum absolute atomic E-state index is 4.66. The lowest BCUT2D eigenvalue weighted by Gasteiger charge is -2.40. The van der Waals surface area contributed by atoms with Gasteiger partial charge in [0, 0.05) is 44.8 Å². The highest BCUT2D eigenvalue weighted by Gasteiger charge is 2.27. The minimum absolute atomic E-state index is 0.644. The summed E-state index contributed by atoms with van der Waals surface area (Å²) in [6.07, 6.45) is 2.37. The van der Waals surface area contributed by atoms with Crippen LogP contribution < -0.4 is 10.2 Å². The Bertz CT molecular complexity index is 454. The van der Waals surface area contributed by atoms with Crippen LogP contribution in [0.4, 0.5) is 5.82 Å². The van der Waals surface area contributed by atoms with E-state index >= 15 is 0 Å². The summed E-state index contributed by atoms with van der Waals surface area (Å²) < 4.78 is 2.07. The van der Waals surface area contributed by atoms with Crippen LogP contribution in [0.25, 0.3) is 0 Å². The zero-order chi connectivity index (χ0) is 15.4. The smallest absolute Gasteiger partial charge is 0.131 e. The van der Waals surface area contributed by atoms with Gasteiger partial charge in [0.15, 0.2) is 0 Å². The number of hydrogen-bond donors (Lipinski definition) is 1. The molecule has 0 bridgehead atoms. The van der Waals surface area contributed by atoms with Crippen molar-refractivity contribution in [1.82, 2.24) is 20.0 Å². The Hall–Kier alpha value is -1.07. The number of anilines is 1. The number of nitrogens with zero attached hydrogens (tertiary/aromatic N) is 4. The highest BCUT2D eigenvalue weighted by molar-refractivity contribution is 5.50. The molecule has 1 aromatic rings. The zero-order valence-electron chi connectivity index (χ0n) is 14.3. The molecule has 5 nitrogen and oxygen atoms in total. The molecule has 1 aliphatic heterocycles. The molecule has 1 N–H and O–H groups in total. The summed E-state index contributed by atoms with van der Waals surface area (Å²) >= 11 is 0. The number of aromatic nitrogens is 2. The summed E-state index contributed by atoms with van der Waals surface area (Å²) in [7, 11) is 4.31. The van der Waals surface area contributed by atoms with Crippen LogP contribution in [-0.2, 0) is 13.6 Å². The quantitative estimate of drug-likeness (QED) is 0.811. The molecule has 1 unspecified atom stereocenters. The topological polar surface area (TPSA) is 36.3 Å². The molecule has 0 radical (unpaired) electrons. The van der Waals surface area contributed by atoms with Crippen molar-refractivity contribution in [2.45, 2.75) is 46.2 Å². The van der Waals surface area contributed by atoms with Crippen LogP contribution in [-0.4, -0.2) is 53.9 Å². The molecule has 1 aliphatic rings. The molecule has 1 aromatic heterocycles. The van der Waals surface area contributed by atoms with Gasteiger partial charge < -0.3 is 10.2 Å². The first-order chi connectivity index (χ1) is 10.1. The number of hydrogen-bond acceptors (Lipinski definition) is 4. The van der Waals surface area contributed by atoms with E-state index in [0.717, 1.165) is 38.4 Å². The standard InChI is InChI=1S/C16H31N5/c1-6-8-17-11-15-13(3)18-20(5)16(15)21-10-9-19(4)14(7-2)12-21/h14,17H,6-12H2,1-5H3. The second-order valence-electron chi connectivity index (χ2n) is 6.18. The summed E-state index contributed by atoms with van der Waals surface area (Å²) in [4.78, 5) is 5.01. The molecule has 5 heteroatoms. The molecule has 0 aliphatic carbocycles. The second kappa shape index (κ2) is 7.27. The molecule has 2 heterocycles. The number of rotatable bonds is 6. The zero-order valence-corrected chi connectivity index (χ0v) is 14.3. The fraction of sp³-hybridized carbons (Fsp3) is 0.812. The Balaban J connectivity index is 2.18. The Morgan fingerprint density at radius 2 is 2.00 bits per heavy atom. The molecular formula is C16H31N5. The van der Waals surface area contributed by atoms with E-state index in [4.69, 9.17) is 0 Å². The SMILES string of the molecule is CCCNCc1c(C)nn(C)c1N1CCN(C)C(CC)C1. The van der Waals surface area contributed by atoms with Crippen LogP contribution in [0.2, 0.25) is 0 Å². The first-order valence-corrected chi connectivity index (χ1v) is 8.26. The van der Waals surface area contributed by atoms with Crippen molar-refractivity contribution in [3.8, 4) is 0 Å². The predicted octanol–water partition coefficient (Wildman–Crippen LogP) is 1.76. The third-order valence-electron chi connectivity index (χ3n) is 4.59. The monoisotopic (exact) mass is 293 g/mol. The third kappa shape index (κ3) is 3.58. The Morgan fingerprint density at radius 3 is 2.67 bits per heavy atom. The molecule has 120 valence electrons. The summed E-state index contributed by atoms with van der Waals surface area (Å²) in [6, 6.07) is 0.644. The van der Waals surface area contributed by atoms with Crippen LogP contribution in [0.3, 0.4) is 0 Å². The van der Waals surface area contributed by atoms with E-state index < -0.39 is 0 Å². The van der Waals surface area contributed by atoms with Crippen molar-refractivity contribution in [2.75, 3.05) is 38.1 Å². The van der Waals surface area contributed by atoms with Gasteiger partial charge in [0.1, 0.15) is 5.82 Å². The normalized spacial score (nSPS) is 20.2. The maximum atomic E-state index is 4.66. The number of piperazine rings is 1. The van der Waals surface area contributed by atoms with Gasteiger partial charge in [-0.25, -0.2) is 0 Å². The van der Waals surface area contributed by atoms with Crippen molar-refractivity contribution >= 4 is 5.82 Å².